The minimum absolute atomic E-state index is 0.824. The molecule has 0 radical (unpaired) electrons. The summed E-state index contributed by atoms with van der Waals surface area (Å²) in [6.45, 7) is 0. The van der Waals surface area contributed by atoms with Crippen LogP contribution in [0.3, 0.4) is 0 Å². The Balaban J connectivity index is 2.20. The van der Waals surface area contributed by atoms with Crippen molar-refractivity contribution in [2.75, 3.05) is 12.2 Å². The van der Waals surface area contributed by atoms with Crippen LogP contribution in [0.2, 0.25) is 0 Å². The van der Waals surface area contributed by atoms with Gasteiger partial charge in [0, 0.05) is 11.6 Å². The first-order chi connectivity index (χ1) is 7.90. The lowest BCUT2D eigenvalue weighted by Crippen LogP contribution is -2.36. The molecule has 5 heteroatoms. The molecule has 0 aliphatic carbocycles. The number of aromatic nitrogens is 1. The quantitative estimate of drug-likeness (QED) is 0.827. The van der Waals surface area contributed by atoms with Gasteiger partial charge in [-0.2, -0.15) is 5.12 Å². The molecule has 5 nitrogen and oxygen atoms in total. The van der Waals surface area contributed by atoms with Gasteiger partial charge in [-0.15, -0.1) is 0 Å². The van der Waals surface area contributed by atoms with E-state index >= 15 is 0 Å². The largest absolute Gasteiger partial charge is 0.494 e. The maximum atomic E-state index is 5.35. The summed E-state index contributed by atoms with van der Waals surface area (Å²) in [6.07, 6.45) is 5.30. The van der Waals surface area contributed by atoms with Crippen molar-refractivity contribution in [2.24, 2.45) is 0 Å². The van der Waals surface area contributed by atoms with Crippen molar-refractivity contribution in [3.8, 4) is 5.75 Å². The summed E-state index contributed by atoms with van der Waals surface area (Å²) in [4.78, 5) is 4.94. The molecule has 0 saturated heterocycles. The van der Waals surface area contributed by atoms with E-state index in [2.05, 4.69) is 5.59 Å². The fraction of sp³-hybridized carbons (Fsp3) is 0.0909. The number of rotatable bonds is 2. The third-order valence-electron chi connectivity index (χ3n) is 2.52. The fourth-order valence-corrected chi connectivity index (χ4v) is 1.81. The number of fused-ring (bicyclic) bond motifs is 1. The molecule has 0 saturated carbocycles. The predicted octanol–water partition coefficient (Wildman–Crippen LogP) is 1.51. The van der Waals surface area contributed by atoms with Gasteiger partial charge in [-0.25, -0.2) is 4.68 Å². The average Bonchev–Trinajstić information content (AvgIpc) is 2.96. The van der Waals surface area contributed by atoms with Crippen LogP contribution in [-0.4, -0.2) is 11.8 Å². The second-order valence-electron chi connectivity index (χ2n) is 3.40. The van der Waals surface area contributed by atoms with Gasteiger partial charge in [0.25, 0.3) is 0 Å². The monoisotopic (exact) mass is 217 g/mol. The van der Waals surface area contributed by atoms with Crippen LogP contribution in [0.5, 0.6) is 5.75 Å². The van der Waals surface area contributed by atoms with Crippen molar-refractivity contribution in [3.63, 3.8) is 0 Å². The highest BCUT2D eigenvalue weighted by molar-refractivity contribution is 5.86. The van der Waals surface area contributed by atoms with E-state index in [1.165, 1.54) is 0 Å². The van der Waals surface area contributed by atoms with Gasteiger partial charge in [-0.3, -0.25) is 0 Å². The summed E-state index contributed by atoms with van der Waals surface area (Å²) in [5, 5.41) is 2.84. The average molecular weight is 217 g/mol. The van der Waals surface area contributed by atoms with Crippen LogP contribution < -0.4 is 15.4 Å². The first-order valence-corrected chi connectivity index (χ1v) is 4.92. The Bertz CT molecular complexity index is 547. The third-order valence-corrected chi connectivity index (χ3v) is 2.52. The van der Waals surface area contributed by atoms with Gasteiger partial charge >= 0.3 is 0 Å². The van der Waals surface area contributed by atoms with Crippen molar-refractivity contribution in [1.82, 2.24) is 10.3 Å². The van der Waals surface area contributed by atoms with Gasteiger partial charge < -0.3 is 9.57 Å². The summed E-state index contributed by atoms with van der Waals surface area (Å²) >= 11 is 0. The van der Waals surface area contributed by atoms with Gasteiger partial charge in [0.05, 0.1) is 13.3 Å². The van der Waals surface area contributed by atoms with E-state index in [0.29, 0.717) is 0 Å². The molecule has 0 spiro atoms. The van der Waals surface area contributed by atoms with Gasteiger partial charge in [-0.05, 0) is 17.7 Å². The number of hydrogen-bond acceptors (Lipinski definition) is 4. The molecule has 16 heavy (non-hydrogen) atoms. The number of nitrogens with zero attached hydrogens (tertiary/aromatic N) is 2. The number of ether oxygens (including phenoxy) is 1. The summed E-state index contributed by atoms with van der Waals surface area (Å²) in [5.41, 5.74) is 3.73. The molecule has 1 aliphatic heterocycles. The van der Waals surface area contributed by atoms with E-state index in [-0.39, 0.29) is 0 Å². The Morgan fingerprint density at radius 2 is 2.25 bits per heavy atom. The molecule has 1 N–H and O–H groups in total. The van der Waals surface area contributed by atoms with Crippen LogP contribution in [-0.2, 0) is 4.84 Å². The van der Waals surface area contributed by atoms with Gasteiger partial charge in [-0.1, -0.05) is 12.1 Å². The van der Waals surface area contributed by atoms with E-state index in [4.69, 9.17) is 9.57 Å². The first kappa shape index (κ1) is 9.11. The van der Waals surface area contributed by atoms with Gasteiger partial charge in [0.1, 0.15) is 17.5 Å². The lowest BCUT2D eigenvalue weighted by molar-refractivity contribution is 0.141. The zero-order valence-electron chi connectivity index (χ0n) is 8.75. The molecule has 82 valence electrons. The lowest BCUT2D eigenvalue weighted by atomic mass is 10.2. The van der Waals surface area contributed by atoms with Crippen LogP contribution in [0.25, 0.3) is 10.9 Å². The molecule has 0 amide bonds. The topological polar surface area (TPSA) is 38.7 Å². The second kappa shape index (κ2) is 3.46. The highest BCUT2D eigenvalue weighted by Gasteiger charge is 2.13. The van der Waals surface area contributed by atoms with Crippen LogP contribution in [0.1, 0.15) is 0 Å². The van der Waals surface area contributed by atoms with Crippen LogP contribution in [0.4, 0.5) is 0 Å². The standard InChI is InChI=1S/C11H11N3O2/c1-15-10-4-2-3-9-5-6-13(11(9)10)14-7-8-16-12-14/h2-8,12H,1H3. The normalized spacial score (nSPS) is 14.4. The van der Waals surface area contributed by atoms with Gasteiger partial charge in [0.2, 0.25) is 0 Å². The highest BCUT2D eigenvalue weighted by atomic mass is 16.7. The Kier molecular flexibility index (Phi) is 1.97. The van der Waals surface area contributed by atoms with Crippen molar-refractivity contribution in [2.45, 2.75) is 0 Å². The van der Waals surface area contributed by atoms with Crippen LogP contribution in [0, 0.1) is 0 Å². The fourth-order valence-electron chi connectivity index (χ4n) is 1.81. The predicted molar refractivity (Wildman–Crippen MR) is 60.1 cm³/mol. The summed E-state index contributed by atoms with van der Waals surface area (Å²) < 4.78 is 7.26. The Morgan fingerprint density at radius 3 is 3.00 bits per heavy atom. The molecule has 0 fully saturated rings. The molecule has 3 rings (SSSR count). The number of para-hydroxylation sites is 1. The third kappa shape index (κ3) is 1.22. The van der Waals surface area contributed by atoms with E-state index in [1.807, 2.05) is 35.1 Å². The number of hydrazine groups is 1. The molecule has 2 aromatic rings. The maximum Gasteiger partial charge on any atom is 0.145 e. The summed E-state index contributed by atoms with van der Waals surface area (Å²) in [6, 6.07) is 7.95. The smallest absolute Gasteiger partial charge is 0.145 e. The van der Waals surface area contributed by atoms with E-state index < -0.39 is 0 Å². The SMILES string of the molecule is COc1cccc2ccn(N3C=CON3)c12. The molecule has 0 unspecified atom stereocenters. The highest BCUT2D eigenvalue weighted by Crippen LogP contribution is 2.26. The molecule has 0 bridgehead atoms. The minimum atomic E-state index is 0.824. The van der Waals surface area contributed by atoms with E-state index in [9.17, 15) is 0 Å². The molecular formula is C11H11N3O2. The zero-order chi connectivity index (χ0) is 11.0. The minimum Gasteiger partial charge on any atom is -0.494 e. The Hall–Kier alpha value is -2.14. The summed E-state index contributed by atoms with van der Waals surface area (Å²) in [5.74, 6) is 0.824. The second-order valence-corrected chi connectivity index (χ2v) is 3.40. The van der Waals surface area contributed by atoms with Crippen molar-refractivity contribution >= 4 is 10.9 Å². The lowest BCUT2D eigenvalue weighted by Gasteiger charge is -2.17. The first-order valence-electron chi connectivity index (χ1n) is 4.92. The number of hydrogen-bond donors (Lipinski definition) is 1. The Morgan fingerprint density at radius 1 is 1.31 bits per heavy atom. The molecular weight excluding hydrogens is 206 g/mol. The van der Waals surface area contributed by atoms with Crippen molar-refractivity contribution in [3.05, 3.63) is 42.9 Å². The molecule has 0 atom stereocenters. The number of nitrogens with one attached hydrogen (secondary N) is 1. The molecule has 1 aromatic carbocycles. The maximum absolute atomic E-state index is 5.35. The number of benzene rings is 1. The molecule has 1 aromatic heterocycles. The van der Waals surface area contributed by atoms with E-state index in [0.717, 1.165) is 16.7 Å². The molecule has 2 heterocycles. The Labute approximate surface area is 92.4 Å². The van der Waals surface area contributed by atoms with Gasteiger partial charge in [0.15, 0.2) is 0 Å². The zero-order valence-corrected chi connectivity index (χ0v) is 8.75. The van der Waals surface area contributed by atoms with E-state index in [1.54, 1.807) is 24.7 Å². The number of methoxy groups -OCH3 is 1. The molecule has 1 aliphatic rings. The van der Waals surface area contributed by atoms with Crippen LogP contribution >= 0.6 is 0 Å². The van der Waals surface area contributed by atoms with Crippen molar-refractivity contribution in [1.29, 1.82) is 0 Å². The summed E-state index contributed by atoms with van der Waals surface area (Å²) in [7, 11) is 1.66. The van der Waals surface area contributed by atoms with Crippen LogP contribution in [0.15, 0.2) is 42.9 Å². The van der Waals surface area contributed by atoms with Crippen molar-refractivity contribution < 1.29 is 9.57 Å².